The van der Waals surface area contributed by atoms with Crippen molar-refractivity contribution in [2.75, 3.05) is 12.4 Å². The number of esters is 1. The van der Waals surface area contributed by atoms with E-state index in [0.29, 0.717) is 34.4 Å². The van der Waals surface area contributed by atoms with Crippen molar-refractivity contribution in [3.8, 4) is 11.5 Å². The van der Waals surface area contributed by atoms with Crippen molar-refractivity contribution < 1.29 is 47.2 Å². The van der Waals surface area contributed by atoms with Gasteiger partial charge >= 0.3 is 17.8 Å². The fourth-order valence-electron chi connectivity index (χ4n) is 5.46. The Labute approximate surface area is 259 Å². The van der Waals surface area contributed by atoms with E-state index in [9.17, 15) is 19.2 Å². The molecule has 45 heavy (non-hydrogen) atoms. The van der Waals surface area contributed by atoms with Crippen LogP contribution in [0.25, 0.3) is 11.0 Å². The van der Waals surface area contributed by atoms with E-state index >= 15 is 0 Å². The van der Waals surface area contributed by atoms with Gasteiger partial charge in [-0.15, -0.1) is 0 Å². The van der Waals surface area contributed by atoms with Crippen molar-refractivity contribution in [2.45, 2.75) is 78.2 Å². The van der Waals surface area contributed by atoms with Crippen LogP contribution in [0.4, 0.5) is 10.5 Å². The number of fused-ring (bicyclic) bond motifs is 2. The molecule has 12 nitrogen and oxygen atoms in total. The monoisotopic (exact) mass is 621 g/mol. The van der Waals surface area contributed by atoms with E-state index in [4.69, 9.17) is 32.8 Å². The highest BCUT2D eigenvalue weighted by Gasteiger charge is 2.59. The first-order valence-corrected chi connectivity index (χ1v) is 14.4. The molecule has 0 radical (unpaired) electrons. The number of rotatable bonds is 8. The van der Waals surface area contributed by atoms with E-state index in [-0.39, 0.29) is 16.8 Å². The van der Waals surface area contributed by atoms with Gasteiger partial charge in [0, 0.05) is 30.5 Å². The number of benzene rings is 2. The summed E-state index contributed by atoms with van der Waals surface area (Å²) in [5.41, 5.74) is 0.989. The smallest absolute Gasteiger partial charge is 0.460 e. The first kappa shape index (κ1) is 31.7. The lowest BCUT2D eigenvalue weighted by atomic mass is 9.89. The summed E-state index contributed by atoms with van der Waals surface area (Å²) in [5, 5.41) is 3.15. The number of methoxy groups -OCH3 is 1. The quantitative estimate of drug-likeness (QED) is 0.153. The molecule has 12 heteroatoms. The van der Waals surface area contributed by atoms with E-state index in [1.165, 1.54) is 26.2 Å². The van der Waals surface area contributed by atoms with Crippen LogP contribution in [0.5, 0.6) is 11.5 Å². The van der Waals surface area contributed by atoms with Crippen LogP contribution >= 0.6 is 0 Å². The summed E-state index contributed by atoms with van der Waals surface area (Å²) in [6, 6.07) is 9.52. The number of amides is 1. The Hall–Kier alpha value is -4.68. The van der Waals surface area contributed by atoms with Gasteiger partial charge in [0.25, 0.3) is 5.91 Å². The van der Waals surface area contributed by atoms with Crippen LogP contribution in [0.15, 0.2) is 57.3 Å². The summed E-state index contributed by atoms with van der Waals surface area (Å²) in [7, 11) is 1.50. The lowest BCUT2D eigenvalue weighted by molar-refractivity contribution is -0.282. The number of aryl methyl sites for hydroxylation is 1. The number of anilines is 1. The number of carbonyl (C=O) groups excluding carboxylic acids is 3. The zero-order valence-corrected chi connectivity index (χ0v) is 26.0. The second kappa shape index (κ2) is 12.4. The van der Waals surface area contributed by atoms with Gasteiger partial charge in [0.2, 0.25) is 12.4 Å². The van der Waals surface area contributed by atoms with Crippen LogP contribution in [0.2, 0.25) is 0 Å². The summed E-state index contributed by atoms with van der Waals surface area (Å²) in [5.74, 6) is -0.332. The molecular weight excluding hydrogens is 586 g/mol. The van der Waals surface area contributed by atoms with Gasteiger partial charge in [-0.2, -0.15) is 0 Å². The van der Waals surface area contributed by atoms with Gasteiger partial charge in [0.15, 0.2) is 6.10 Å². The third kappa shape index (κ3) is 6.57. The fourth-order valence-corrected chi connectivity index (χ4v) is 5.46. The molecule has 2 fully saturated rings. The SMILES string of the molecule is COC1[C@@H]2OC(=O)O[C@@H]2C(Oc2ccc3cc(NC(=O)c4ccc(OC(C)=O)c(CC=C(C)C)c4)c(=O)oc3c2C)OC1(C)C. The van der Waals surface area contributed by atoms with E-state index < -0.39 is 53.9 Å². The van der Waals surface area contributed by atoms with E-state index in [2.05, 4.69) is 5.32 Å². The number of nitrogens with one attached hydrogen (secondary N) is 1. The van der Waals surface area contributed by atoms with Gasteiger partial charge in [0.05, 0.1) is 5.60 Å². The molecule has 0 aliphatic carbocycles. The first-order valence-electron chi connectivity index (χ1n) is 14.4. The Bertz CT molecular complexity index is 1750. The minimum absolute atomic E-state index is 0.0590. The molecule has 4 atom stereocenters. The highest BCUT2D eigenvalue weighted by Crippen LogP contribution is 2.39. The van der Waals surface area contributed by atoms with Crippen LogP contribution < -0.4 is 20.4 Å². The van der Waals surface area contributed by atoms with Crippen molar-refractivity contribution in [1.82, 2.24) is 0 Å². The van der Waals surface area contributed by atoms with E-state index in [0.717, 1.165) is 5.57 Å². The van der Waals surface area contributed by atoms with Crippen LogP contribution in [-0.4, -0.2) is 55.3 Å². The van der Waals surface area contributed by atoms with Crippen LogP contribution in [0.1, 0.15) is 56.1 Å². The minimum atomic E-state index is -1.03. The largest absolute Gasteiger partial charge is 0.509 e. The number of hydrogen-bond donors (Lipinski definition) is 1. The summed E-state index contributed by atoms with van der Waals surface area (Å²) < 4.78 is 39.4. The molecule has 2 aromatic carbocycles. The van der Waals surface area contributed by atoms with Gasteiger partial charge in [-0.1, -0.05) is 11.6 Å². The molecule has 0 bridgehead atoms. The average Bonchev–Trinajstić information content (AvgIpc) is 3.35. The molecular formula is C33H35NO11. The first-order chi connectivity index (χ1) is 21.3. The van der Waals surface area contributed by atoms with Gasteiger partial charge < -0.3 is 38.2 Å². The third-order valence-corrected chi connectivity index (χ3v) is 7.61. The summed E-state index contributed by atoms with van der Waals surface area (Å²) in [6.07, 6.45) is -1.70. The predicted molar refractivity (Wildman–Crippen MR) is 162 cm³/mol. The number of allylic oxidation sites excluding steroid dienone is 2. The standard InChI is InChI=1S/C33H35NO11/c1-16(2)8-9-19-14-21(11-13-24(19)40-18(4)35)29(36)34-22-15-20-10-12-23(17(3)25(20)42-30(22)37)41-31-27-26(43-32(38)44-27)28(39-7)33(5,6)45-31/h8,10-15,26-28,31H,9H2,1-7H3,(H,34,36)/t26-,27+,28?,31?/m1/s1. The van der Waals surface area contributed by atoms with Gasteiger partial charge in [-0.3, -0.25) is 9.59 Å². The van der Waals surface area contributed by atoms with Crippen molar-refractivity contribution >= 4 is 34.7 Å². The minimum Gasteiger partial charge on any atom is -0.460 e. The lowest BCUT2D eigenvalue weighted by Crippen LogP contribution is -2.62. The maximum atomic E-state index is 13.2. The second-order valence-corrected chi connectivity index (χ2v) is 11.7. The van der Waals surface area contributed by atoms with Crippen molar-refractivity contribution in [3.05, 3.63) is 75.2 Å². The third-order valence-electron chi connectivity index (χ3n) is 7.61. The summed E-state index contributed by atoms with van der Waals surface area (Å²) in [4.78, 5) is 49.7. The molecule has 1 aromatic heterocycles. The fraction of sp³-hybridized carbons (Fsp3) is 0.394. The molecule has 3 aromatic rings. The Balaban J connectivity index is 1.39. The molecule has 2 aliphatic heterocycles. The second-order valence-electron chi connectivity index (χ2n) is 11.7. The molecule has 1 amide bonds. The number of carbonyl (C=O) groups is 3. The van der Waals surface area contributed by atoms with E-state index in [1.807, 2.05) is 19.9 Å². The highest BCUT2D eigenvalue weighted by molar-refractivity contribution is 6.05. The molecule has 2 saturated heterocycles. The molecule has 0 saturated carbocycles. The maximum absolute atomic E-state index is 13.2. The number of ether oxygens (including phenoxy) is 6. The molecule has 2 aliphatic rings. The van der Waals surface area contributed by atoms with E-state index in [1.54, 1.807) is 45.0 Å². The average molecular weight is 622 g/mol. The normalized spacial score (nSPS) is 21.7. The Morgan fingerprint density at radius 2 is 1.71 bits per heavy atom. The summed E-state index contributed by atoms with van der Waals surface area (Å²) >= 11 is 0. The summed E-state index contributed by atoms with van der Waals surface area (Å²) in [6.45, 7) is 10.5. The maximum Gasteiger partial charge on any atom is 0.509 e. The van der Waals surface area contributed by atoms with Gasteiger partial charge in [-0.05, 0) is 83.0 Å². The zero-order valence-electron chi connectivity index (χ0n) is 26.0. The number of hydrogen-bond acceptors (Lipinski definition) is 11. The Morgan fingerprint density at radius 1 is 1.00 bits per heavy atom. The molecule has 0 spiro atoms. The van der Waals surface area contributed by atoms with Crippen molar-refractivity contribution in [3.63, 3.8) is 0 Å². The molecule has 5 rings (SSSR count). The van der Waals surface area contributed by atoms with Crippen LogP contribution in [-0.2, 0) is 30.2 Å². The molecule has 3 heterocycles. The molecule has 1 N–H and O–H groups in total. The lowest BCUT2D eigenvalue weighted by Gasteiger charge is -2.45. The Morgan fingerprint density at radius 3 is 2.40 bits per heavy atom. The van der Waals surface area contributed by atoms with Crippen LogP contribution in [0.3, 0.4) is 0 Å². The van der Waals surface area contributed by atoms with Crippen LogP contribution in [0, 0.1) is 6.92 Å². The predicted octanol–water partition coefficient (Wildman–Crippen LogP) is 5.22. The highest BCUT2D eigenvalue weighted by atomic mass is 16.8. The van der Waals surface area contributed by atoms with Crippen molar-refractivity contribution in [2.24, 2.45) is 0 Å². The topological polar surface area (TPSA) is 149 Å². The zero-order chi connectivity index (χ0) is 32.6. The molecule has 2 unspecified atom stereocenters. The van der Waals surface area contributed by atoms with Gasteiger partial charge in [0.1, 0.15) is 28.9 Å². The Kier molecular flexibility index (Phi) is 8.72. The molecule has 238 valence electrons. The van der Waals surface area contributed by atoms with Crippen molar-refractivity contribution in [1.29, 1.82) is 0 Å². The van der Waals surface area contributed by atoms with Gasteiger partial charge in [-0.25, -0.2) is 9.59 Å².